The number of phosphoric ester groups is 1. The minimum atomic E-state index is -4.70. The molecule has 66 heavy (non-hydrogen) atoms. The van der Waals surface area contributed by atoms with Gasteiger partial charge in [-0.1, -0.05) is 203 Å². The molecule has 382 valence electrons. The van der Waals surface area contributed by atoms with Gasteiger partial charge in [-0.05, 0) is 76.7 Å². The maximum atomic E-state index is 13.4. The number of ether oxygens (including phenoxy) is 1. The Morgan fingerprint density at radius 1 is 0.561 bits per heavy atom. The Balaban J connectivity index is 5.47. The molecule has 0 bridgehead atoms. The van der Waals surface area contributed by atoms with Crippen LogP contribution in [0, 0.1) is 0 Å². The quantitative estimate of drug-likeness (QED) is 0.0161. The summed E-state index contributed by atoms with van der Waals surface area (Å²) in [4.78, 5) is 39.7. The molecule has 0 saturated heterocycles. The number of amides is 1. The van der Waals surface area contributed by atoms with E-state index >= 15 is 0 Å². The second-order valence-electron chi connectivity index (χ2n) is 19.0. The molecule has 0 heterocycles. The van der Waals surface area contributed by atoms with Crippen LogP contribution < -0.4 is 10.2 Å². The minimum absolute atomic E-state index is 0.0302. The van der Waals surface area contributed by atoms with Crippen molar-refractivity contribution in [3.63, 3.8) is 0 Å². The Morgan fingerprint density at radius 2 is 1.05 bits per heavy atom. The van der Waals surface area contributed by atoms with Crippen LogP contribution in [0.2, 0.25) is 0 Å². The maximum Gasteiger partial charge on any atom is 0.306 e. The lowest BCUT2D eigenvalue weighted by Gasteiger charge is -2.30. The van der Waals surface area contributed by atoms with Gasteiger partial charge in [0.2, 0.25) is 5.91 Å². The van der Waals surface area contributed by atoms with Gasteiger partial charge in [0, 0.05) is 12.8 Å². The van der Waals surface area contributed by atoms with Gasteiger partial charge in [-0.3, -0.25) is 14.2 Å². The van der Waals surface area contributed by atoms with Gasteiger partial charge >= 0.3 is 5.97 Å². The Kier molecular flexibility index (Phi) is 44.4. The van der Waals surface area contributed by atoms with Crippen LogP contribution in [0.4, 0.5) is 0 Å². The highest BCUT2D eigenvalue weighted by Gasteiger charge is 2.27. The van der Waals surface area contributed by atoms with Gasteiger partial charge in [0.25, 0.3) is 7.82 Å². The van der Waals surface area contributed by atoms with Crippen molar-refractivity contribution in [1.29, 1.82) is 0 Å². The summed E-state index contributed by atoms with van der Waals surface area (Å²) in [7, 11) is 1.16. The molecule has 10 heteroatoms. The summed E-state index contributed by atoms with van der Waals surface area (Å²) in [5.74, 6) is -0.579. The zero-order valence-corrected chi connectivity index (χ0v) is 44.3. The van der Waals surface area contributed by atoms with Crippen LogP contribution in [0.1, 0.15) is 220 Å². The molecular formula is C56H101N2O7P. The Hall–Kier alpha value is -2.55. The van der Waals surface area contributed by atoms with Crippen molar-refractivity contribution in [2.45, 2.75) is 232 Å². The zero-order valence-electron chi connectivity index (χ0n) is 43.4. The van der Waals surface area contributed by atoms with Gasteiger partial charge in [-0.25, -0.2) is 0 Å². The van der Waals surface area contributed by atoms with Crippen molar-refractivity contribution in [2.75, 3.05) is 40.9 Å². The van der Waals surface area contributed by atoms with Gasteiger partial charge in [-0.2, -0.15) is 0 Å². The first-order valence-electron chi connectivity index (χ1n) is 26.8. The second-order valence-corrected chi connectivity index (χ2v) is 20.4. The average Bonchev–Trinajstić information content (AvgIpc) is 3.27. The number of allylic oxidation sites excluding steroid dienone is 11. The molecule has 0 aromatic heterocycles. The fourth-order valence-corrected chi connectivity index (χ4v) is 8.05. The van der Waals surface area contributed by atoms with Crippen LogP contribution in [0.25, 0.3) is 0 Å². The van der Waals surface area contributed by atoms with E-state index in [1.165, 1.54) is 77.0 Å². The topological polar surface area (TPSA) is 114 Å². The average molecular weight is 945 g/mol. The third-order valence-electron chi connectivity index (χ3n) is 11.4. The summed E-state index contributed by atoms with van der Waals surface area (Å²) in [5, 5.41) is 3.00. The minimum Gasteiger partial charge on any atom is -0.756 e. The van der Waals surface area contributed by atoms with Crippen LogP contribution in [0.5, 0.6) is 0 Å². The number of carbonyl (C=O) groups excluding carboxylic acids is 2. The van der Waals surface area contributed by atoms with Crippen molar-refractivity contribution in [1.82, 2.24) is 5.32 Å². The molecule has 0 aliphatic carbocycles. The van der Waals surface area contributed by atoms with E-state index in [0.717, 1.165) is 103 Å². The lowest BCUT2D eigenvalue weighted by molar-refractivity contribution is -0.870. The number of rotatable bonds is 47. The molecule has 0 aliphatic heterocycles. The number of esters is 1. The van der Waals surface area contributed by atoms with E-state index in [9.17, 15) is 19.0 Å². The molecule has 0 saturated carbocycles. The van der Waals surface area contributed by atoms with Gasteiger partial charge in [0.05, 0.1) is 33.8 Å². The Morgan fingerprint density at radius 3 is 1.61 bits per heavy atom. The number of carbonyl (C=O) groups is 2. The van der Waals surface area contributed by atoms with Crippen molar-refractivity contribution in [3.05, 3.63) is 72.9 Å². The predicted octanol–water partition coefficient (Wildman–Crippen LogP) is 15.1. The number of hydrogen-bond donors (Lipinski definition) is 1. The van der Waals surface area contributed by atoms with Crippen molar-refractivity contribution in [2.24, 2.45) is 0 Å². The van der Waals surface area contributed by atoms with Crippen molar-refractivity contribution >= 4 is 19.7 Å². The first-order chi connectivity index (χ1) is 31.9. The number of hydrogen-bond acceptors (Lipinski definition) is 7. The monoisotopic (exact) mass is 945 g/mol. The van der Waals surface area contributed by atoms with Crippen LogP contribution in [0.3, 0.4) is 0 Å². The van der Waals surface area contributed by atoms with Gasteiger partial charge < -0.3 is 28.5 Å². The summed E-state index contributed by atoms with van der Waals surface area (Å²) in [6.45, 7) is 6.56. The summed E-state index contributed by atoms with van der Waals surface area (Å²) in [5.41, 5.74) is 0. The third kappa shape index (κ3) is 46.6. The number of phosphoric acid groups is 1. The molecule has 9 nitrogen and oxygen atoms in total. The molecule has 0 radical (unpaired) electrons. The number of unbranched alkanes of at least 4 members (excludes halogenated alkanes) is 23. The molecular weight excluding hydrogens is 844 g/mol. The van der Waals surface area contributed by atoms with Crippen LogP contribution in [0.15, 0.2) is 72.9 Å². The standard InChI is InChI=1S/C56H101N2O7P/c1-7-10-13-16-19-22-25-28-31-33-36-39-42-45-48-55(59)57-53(52-64-66(61,62)63-51-50-58(4,5)6)54(47-44-41-38-35-32-29-26-23-20-17-14-11-8-2)65-56(60)49-46-43-40-37-34-30-27-24-21-18-15-12-9-3/h10,12-13,15,18-19,21-22,24,27,44,47,53-54H,7-9,11,14,16-17,20,23,25-26,28-43,45-46,48-52H2,1-6H3,(H-,57,59,61,62)/b13-10+,15-12+,21-18+,22-19+,27-24-,47-44+. The molecule has 0 aliphatic rings. The fourth-order valence-electron chi connectivity index (χ4n) is 7.32. The number of quaternary nitrogens is 1. The highest BCUT2D eigenvalue weighted by Crippen LogP contribution is 2.38. The summed E-state index contributed by atoms with van der Waals surface area (Å²) in [6.07, 6.45) is 57.2. The number of nitrogens with zero attached hydrogens (tertiary/aromatic N) is 1. The van der Waals surface area contributed by atoms with Gasteiger partial charge in [0.15, 0.2) is 0 Å². The summed E-state index contributed by atoms with van der Waals surface area (Å²) in [6, 6.07) is -0.901. The maximum absolute atomic E-state index is 13.4. The molecule has 3 atom stereocenters. The van der Waals surface area contributed by atoms with Crippen molar-refractivity contribution in [3.8, 4) is 0 Å². The SMILES string of the molecule is CC/C=C/C=C/C=C\CCCCCCCC(=O)OC(/C=C/CCCCCCCCCCCCC)C(COP(=O)([O-])OCC[N+](C)(C)C)NC(=O)CCCCCCCCC/C=C/C/C=C/CC. The fraction of sp³-hybridized carbons (Fsp3) is 0.750. The smallest absolute Gasteiger partial charge is 0.306 e. The van der Waals surface area contributed by atoms with Gasteiger partial charge in [0.1, 0.15) is 19.3 Å². The molecule has 0 spiro atoms. The lowest BCUT2D eigenvalue weighted by atomic mass is 10.0. The van der Waals surface area contributed by atoms with Crippen molar-refractivity contribution < 1.29 is 37.3 Å². The van der Waals surface area contributed by atoms with E-state index in [0.29, 0.717) is 23.9 Å². The molecule has 0 rings (SSSR count). The Bertz CT molecular complexity index is 1370. The molecule has 0 aromatic rings. The first-order valence-corrected chi connectivity index (χ1v) is 28.2. The van der Waals surface area contributed by atoms with Crippen LogP contribution in [-0.4, -0.2) is 69.4 Å². The van der Waals surface area contributed by atoms with Crippen LogP contribution in [-0.2, 0) is 27.9 Å². The van der Waals surface area contributed by atoms with E-state index < -0.39 is 26.6 Å². The molecule has 0 aromatic carbocycles. The predicted molar refractivity (Wildman–Crippen MR) is 279 cm³/mol. The molecule has 0 fully saturated rings. The van der Waals surface area contributed by atoms with E-state index in [2.05, 4.69) is 80.8 Å². The summed E-state index contributed by atoms with van der Waals surface area (Å²) < 4.78 is 30.1. The van der Waals surface area contributed by atoms with E-state index in [-0.39, 0.29) is 24.9 Å². The highest BCUT2D eigenvalue weighted by atomic mass is 31.2. The van der Waals surface area contributed by atoms with Crippen LogP contribution >= 0.6 is 7.82 Å². The summed E-state index contributed by atoms with van der Waals surface area (Å²) >= 11 is 0. The second kappa shape index (κ2) is 46.2. The van der Waals surface area contributed by atoms with E-state index in [1.54, 1.807) is 0 Å². The lowest BCUT2D eigenvalue weighted by Crippen LogP contribution is -2.47. The zero-order chi connectivity index (χ0) is 48.7. The molecule has 1 N–H and O–H groups in total. The van der Waals surface area contributed by atoms with E-state index in [4.69, 9.17) is 13.8 Å². The number of nitrogens with one attached hydrogen (secondary N) is 1. The first kappa shape index (κ1) is 63.5. The normalized spacial score (nSPS) is 14.5. The third-order valence-corrected chi connectivity index (χ3v) is 12.4. The highest BCUT2D eigenvalue weighted by molar-refractivity contribution is 7.45. The molecule has 1 amide bonds. The Labute approximate surface area is 406 Å². The number of likely N-dealkylation sites (N-methyl/N-ethyl adjacent to an activating group) is 1. The molecule has 3 unspecified atom stereocenters. The van der Waals surface area contributed by atoms with E-state index in [1.807, 2.05) is 39.4 Å². The largest absolute Gasteiger partial charge is 0.756 e. The van der Waals surface area contributed by atoms with Gasteiger partial charge in [-0.15, -0.1) is 0 Å².